The SMILES string of the molecule is C#CCn1c(=NC(=O)c2ccc(S(=O)(=O)N3CCCCC3C)cc2)sc2cc(Br)ccc21. The summed E-state index contributed by atoms with van der Waals surface area (Å²) in [5.41, 5.74) is 1.22. The van der Waals surface area contributed by atoms with E-state index in [1.165, 1.54) is 35.6 Å². The van der Waals surface area contributed by atoms with Crippen molar-refractivity contribution in [2.75, 3.05) is 6.54 Å². The summed E-state index contributed by atoms with van der Waals surface area (Å²) in [6.07, 6.45) is 8.28. The maximum atomic E-state index is 13.0. The molecular formula is C23H22BrN3O3S2. The Labute approximate surface area is 199 Å². The monoisotopic (exact) mass is 531 g/mol. The number of sulfonamides is 1. The minimum atomic E-state index is -3.59. The van der Waals surface area contributed by atoms with E-state index in [1.54, 1.807) is 4.31 Å². The number of thiazole rings is 1. The summed E-state index contributed by atoms with van der Waals surface area (Å²) in [5, 5.41) is 0. The van der Waals surface area contributed by atoms with Gasteiger partial charge in [0.05, 0.1) is 21.7 Å². The van der Waals surface area contributed by atoms with E-state index < -0.39 is 15.9 Å². The number of nitrogens with zero attached hydrogens (tertiary/aromatic N) is 3. The van der Waals surface area contributed by atoms with Crippen LogP contribution in [0, 0.1) is 12.3 Å². The average Bonchev–Trinajstić information content (AvgIpc) is 3.10. The normalized spacial score (nSPS) is 18.0. The molecule has 1 atom stereocenters. The number of hydrogen-bond acceptors (Lipinski definition) is 4. The molecule has 1 amide bonds. The molecule has 4 rings (SSSR count). The molecule has 0 aliphatic carbocycles. The highest BCUT2D eigenvalue weighted by Crippen LogP contribution is 2.26. The van der Waals surface area contributed by atoms with E-state index >= 15 is 0 Å². The van der Waals surface area contributed by atoms with E-state index in [1.807, 2.05) is 29.7 Å². The van der Waals surface area contributed by atoms with Gasteiger partial charge in [0.15, 0.2) is 4.80 Å². The first-order valence-corrected chi connectivity index (χ1v) is 13.3. The molecule has 166 valence electrons. The van der Waals surface area contributed by atoms with Gasteiger partial charge in [0.1, 0.15) is 0 Å². The number of piperidine rings is 1. The first-order chi connectivity index (χ1) is 15.3. The Morgan fingerprint density at radius 2 is 2.00 bits per heavy atom. The zero-order chi connectivity index (χ0) is 22.9. The molecule has 0 bridgehead atoms. The van der Waals surface area contributed by atoms with Crippen LogP contribution in [0.2, 0.25) is 0 Å². The lowest BCUT2D eigenvalue weighted by Gasteiger charge is -2.32. The molecule has 0 spiro atoms. The molecule has 2 aromatic carbocycles. The van der Waals surface area contributed by atoms with Crippen LogP contribution in [0.4, 0.5) is 0 Å². The van der Waals surface area contributed by atoms with Gasteiger partial charge in [-0.3, -0.25) is 4.79 Å². The van der Waals surface area contributed by atoms with E-state index in [4.69, 9.17) is 6.42 Å². The first kappa shape index (κ1) is 22.9. The van der Waals surface area contributed by atoms with Gasteiger partial charge in [-0.1, -0.05) is 39.6 Å². The zero-order valence-electron chi connectivity index (χ0n) is 17.5. The third kappa shape index (κ3) is 4.46. The van der Waals surface area contributed by atoms with Crippen LogP contribution in [0.25, 0.3) is 10.2 Å². The van der Waals surface area contributed by atoms with Gasteiger partial charge in [0, 0.05) is 22.6 Å². The number of amides is 1. The van der Waals surface area contributed by atoms with Gasteiger partial charge in [-0.25, -0.2) is 8.42 Å². The fraction of sp³-hybridized carbons (Fsp3) is 0.304. The Morgan fingerprint density at radius 1 is 1.25 bits per heavy atom. The van der Waals surface area contributed by atoms with Gasteiger partial charge in [-0.15, -0.1) is 6.42 Å². The summed E-state index contributed by atoms with van der Waals surface area (Å²) in [4.78, 5) is 17.8. The Morgan fingerprint density at radius 3 is 2.69 bits per heavy atom. The number of hydrogen-bond donors (Lipinski definition) is 0. The molecule has 1 saturated heterocycles. The summed E-state index contributed by atoms with van der Waals surface area (Å²) in [5.74, 6) is 2.16. The summed E-state index contributed by atoms with van der Waals surface area (Å²) in [7, 11) is -3.59. The van der Waals surface area contributed by atoms with E-state index in [2.05, 4.69) is 26.8 Å². The van der Waals surface area contributed by atoms with Crippen LogP contribution in [-0.4, -0.2) is 35.8 Å². The number of benzene rings is 2. The van der Waals surface area contributed by atoms with Crippen molar-refractivity contribution in [1.29, 1.82) is 0 Å². The lowest BCUT2D eigenvalue weighted by atomic mass is 10.1. The molecule has 2 heterocycles. The lowest BCUT2D eigenvalue weighted by molar-refractivity contribution is 0.0997. The summed E-state index contributed by atoms with van der Waals surface area (Å²) in [6.45, 7) is 2.75. The maximum absolute atomic E-state index is 13.0. The number of halogens is 1. The Kier molecular flexibility index (Phi) is 6.67. The molecule has 1 unspecified atom stereocenters. The van der Waals surface area contributed by atoms with Gasteiger partial charge in [0.25, 0.3) is 5.91 Å². The topological polar surface area (TPSA) is 71.7 Å². The quantitative estimate of drug-likeness (QED) is 0.468. The lowest BCUT2D eigenvalue weighted by Crippen LogP contribution is -2.41. The van der Waals surface area contributed by atoms with Crippen LogP contribution in [0.3, 0.4) is 0 Å². The second kappa shape index (κ2) is 9.32. The standard InChI is InChI=1S/C23H22BrN3O3S2/c1-3-13-26-20-12-9-18(24)15-21(20)31-23(26)25-22(28)17-7-10-19(11-8-17)32(29,30)27-14-5-4-6-16(27)2/h1,7-12,15-16H,4-6,13-14H2,2H3. The van der Waals surface area contributed by atoms with Crippen LogP contribution >= 0.6 is 27.3 Å². The third-order valence-corrected chi connectivity index (χ3v) is 9.10. The molecule has 32 heavy (non-hydrogen) atoms. The van der Waals surface area contributed by atoms with Gasteiger partial charge in [-0.2, -0.15) is 9.30 Å². The number of carbonyl (C=O) groups excluding carboxylic acids is 1. The maximum Gasteiger partial charge on any atom is 0.279 e. The molecule has 1 aliphatic heterocycles. The second-order valence-corrected chi connectivity index (χ2v) is 11.5. The molecule has 9 heteroatoms. The largest absolute Gasteiger partial charge is 0.305 e. The molecular weight excluding hydrogens is 510 g/mol. The van der Waals surface area contributed by atoms with E-state index in [-0.39, 0.29) is 10.9 Å². The van der Waals surface area contributed by atoms with Crippen LogP contribution in [0.1, 0.15) is 36.5 Å². The van der Waals surface area contributed by atoms with Crippen molar-refractivity contribution in [3.05, 3.63) is 57.3 Å². The van der Waals surface area contributed by atoms with Crippen LogP contribution in [-0.2, 0) is 16.6 Å². The number of fused-ring (bicyclic) bond motifs is 1. The van der Waals surface area contributed by atoms with Crippen molar-refractivity contribution >= 4 is 53.4 Å². The Bertz CT molecular complexity index is 1380. The van der Waals surface area contributed by atoms with Crippen molar-refractivity contribution in [1.82, 2.24) is 8.87 Å². The Balaban J connectivity index is 1.66. The highest BCUT2D eigenvalue weighted by molar-refractivity contribution is 9.10. The van der Waals surface area contributed by atoms with Crippen LogP contribution in [0.15, 0.2) is 56.8 Å². The molecule has 0 saturated carbocycles. The summed E-state index contributed by atoms with van der Waals surface area (Å²) < 4.78 is 31.3. The van der Waals surface area contributed by atoms with E-state index in [9.17, 15) is 13.2 Å². The van der Waals surface area contributed by atoms with E-state index in [0.717, 1.165) is 34.0 Å². The number of aromatic nitrogens is 1. The molecule has 0 N–H and O–H groups in total. The molecule has 6 nitrogen and oxygen atoms in total. The molecule has 1 aliphatic rings. The molecule has 0 radical (unpaired) electrons. The van der Waals surface area contributed by atoms with E-state index in [0.29, 0.717) is 23.5 Å². The highest BCUT2D eigenvalue weighted by Gasteiger charge is 2.30. The number of terminal acetylenes is 1. The van der Waals surface area contributed by atoms with Crippen LogP contribution in [0.5, 0.6) is 0 Å². The second-order valence-electron chi connectivity index (χ2n) is 7.69. The average molecular weight is 532 g/mol. The van der Waals surface area contributed by atoms with Crippen molar-refractivity contribution in [2.24, 2.45) is 4.99 Å². The minimum Gasteiger partial charge on any atom is -0.305 e. The predicted molar refractivity (Wildman–Crippen MR) is 130 cm³/mol. The minimum absolute atomic E-state index is 0.0235. The van der Waals surface area contributed by atoms with Gasteiger partial charge in [0.2, 0.25) is 10.0 Å². The first-order valence-electron chi connectivity index (χ1n) is 10.2. The molecule has 1 aromatic heterocycles. The Hall–Kier alpha value is -2.25. The fourth-order valence-electron chi connectivity index (χ4n) is 3.86. The zero-order valence-corrected chi connectivity index (χ0v) is 20.7. The number of carbonyl (C=O) groups is 1. The molecule has 3 aromatic rings. The predicted octanol–water partition coefficient (Wildman–Crippen LogP) is 4.40. The van der Waals surface area contributed by atoms with Crippen molar-refractivity contribution < 1.29 is 13.2 Å². The van der Waals surface area contributed by atoms with Crippen molar-refractivity contribution in [3.8, 4) is 12.3 Å². The highest BCUT2D eigenvalue weighted by atomic mass is 79.9. The number of rotatable bonds is 4. The smallest absolute Gasteiger partial charge is 0.279 e. The molecule has 1 fully saturated rings. The van der Waals surface area contributed by atoms with Crippen LogP contribution < -0.4 is 4.80 Å². The van der Waals surface area contributed by atoms with Crippen molar-refractivity contribution in [3.63, 3.8) is 0 Å². The van der Waals surface area contributed by atoms with Gasteiger partial charge >= 0.3 is 0 Å². The fourth-order valence-corrected chi connectivity index (χ4v) is 7.14. The summed E-state index contributed by atoms with van der Waals surface area (Å²) in [6, 6.07) is 11.8. The van der Waals surface area contributed by atoms with Gasteiger partial charge < -0.3 is 4.57 Å². The summed E-state index contributed by atoms with van der Waals surface area (Å²) >= 11 is 4.83. The van der Waals surface area contributed by atoms with Crippen molar-refractivity contribution in [2.45, 2.75) is 43.7 Å². The van der Waals surface area contributed by atoms with Gasteiger partial charge in [-0.05, 0) is 62.2 Å². The third-order valence-electron chi connectivity index (χ3n) is 5.54.